The Morgan fingerprint density at radius 1 is 1.15 bits per heavy atom. The van der Waals surface area contributed by atoms with Crippen LogP contribution < -0.4 is 10.6 Å². The van der Waals surface area contributed by atoms with E-state index >= 15 is 0 Å². The predicted molar refractivity (Wildman–Crippen MR) is 91.3 cm³/mol. The molecule has 7 heteroatoms. The number of aromatic hydroxyl groups is 1. The molecule has 0 saturated carbocycles. The summed E-state index contributed by atoms with van der Waals surface area (Å²) in [6.45, 7) is 0.749. The smallest absolute Gasteiger partial charge is 0.508 e. The fourth-order valence-electron chi connectivity index (χ4n) is 3.64. The third kappa shape index (κ3) is 4.47. The van der Waals surface area contributed by atoms with Crippen molar-refractivity contribution < 1.29 is 23.0 Å². The van der Waals surface area contributed by atoms with Gasteiger partial charge in [-0.3, -0.25) is 5.84 Å². The first kappa shape index (κ1) is 18.5. The summed E-state index contributed by atoms with van der Waals surface area (Å²) in [6.07, 6.45) is -2.59. The Balaban J connectivity index is 1.85. The number of hydrazine groups is 1. The molecule has 2 aromatic carbocycles. The largest absolute Gasteiger partial charge is 0.573 e. The Morgan fingerprint density at radius 3 is 2.58 bits per heavy atom. The molecule has 0 amide bonds. The normalized spacial score (nSPS) is 21.5. The summed E-state index contributed by atoms with van der Waals surface area (Å²) >= 11 is 0. The lowest BCUT2D eigenvalue weighted by Crippen LogP contribution is -2.44. The third-order valence-corrected chi connectivity index (χ3v) is 4.70. The van der Waals surface area contributed by atoms with Gasteiger partial charge in [0.2, 0.25) is 0 Å². The van der Waals surface area contributed by atoms with E-state index in [1.165, 1.54) is 12.1 Å². The van der Waals surface area contributed by atoms with Crippen LogP contribution in [0.5, 0.6) is 11.5 Å². The zero-order valence-corrected chi connectivity index (χ0v) is 14.1. The molecule has 3 rings (SSSR count). The average Bonchev–Trinajstić information content (AvgIpc) is 2.57. The third-order valence-electron chi connectivity index (χ3n) is 4.70. The minimum Gasteiger partial charge on any atom is -0.508 e. The van der Waals surface area contributed by atoms with Crippen molar-refractivity contribution in [3.8, 4) is 11.5 Å². The van der Waals surface area contributed by atoms with Gasteiger partial charge in [-0.15, -0.1) is 13.2 Å². The van der Waals surface area contributed by atoms with Crippen LogP contribution in [0.3, 0.4) is 0 Å². The zero-order valence-electron chi connectivity index (χ0n) is 14.1. The molecule has 0 aromatic heterocycles. The molecule has 140 valence electrons. The summed E-state index contributed by atoms with van der Waals surface area (Å²) in [5.74, 6) is 5.90. The number of hydrogen-bond donors (Lipinski definition) is 2. The van der Waals surface area contributed by atoms with Crippen LogP contribution in [0.25, 0.3) is 0 Å². The Morgan fingerprint density at radius 2 is 1.88 bits per heavy atom. The van der Waals surface area contributed by atoms with Crippen LogP contribution in [-0.4, -0.2) is 23.0 Å². The summed E-state index contributed by atoms with van der Waals surface area (Å²) in [4.78, 5) is 0. The van der Waals surface area contributed by atoms with E-state index in [9.17, 15) is 18.3 Å². The number of benzene rings is 2. The maximum Gasteiger partial charge on any atom is 0.573 e. The van der Waals surface area contributed by atoms with E-state index in [-0.39, 0.29) is 23.5 Å². The van der Waals surface area contributed by atoms with Gasteiger partial charge in [-0.25, -0.2) is 5.01 Å². The number of nitrogens with zero attached hydrogens (tertiary/aromatic N) is 1. The van der Waals surface area contributed by atoms with Gasteiger partial charge in [0, 0.05) is 6.54 Å². The van der Waals surface area contributed by atoms with Gasteiger partial charge in [-0.05, 0) is 54.5 Å². The fraction of sp³-hybridized carbons (Fsp3) is 0.368. The van der Waals surface area contributed by atoms with Crippen LogP contribution in [0.1, 0.15) is 30.0 Å². The molecule has 0 aliphatic carbocycles. The van der Waals surface area contributed by atoms with Gasteiger partial charge < -0.3 is 9.84 Å². The number of rotatable bonds is 4. The molecule has 2 aromatic rings. The van der Waals surface area contributed by atoms with Crippen molar-refractivity contribution >= 4 is 0 Å². The second kappa shape index (κ2) is 7.55. The molecule has 1 heterocycles. The topological polar surface area (TPSA) is 58.7 Å². The number of phenols is 1. The van der Waals surface area contributed by atoms with Crippen molar-refractivity contribution in [3.05, 3.63) is 59.7 Å². The van der Waals surface area contributed by atoms with Gasteiger partial charge in [0.05, 0.1) is 6.04 Å². The molecule has 0 spiro atoms. The van der Waals surface area contributed by atoms with Crippen LogP contribution in [0.15, 0.2) is 48.5 Å². The van der Waals surface area contributed by atoms with Crippen molar-refractivity contribution in [1.29, 1.82) is 0 Å². The van der Waals surface area contributed by atoms with Crippen molar-refractivity contribution in [3.63, 3.8) is 0 Å². The second-order valence-corrected chi connectivity index (χ2v) is 6.54. The molecule has 0 unspecified atom stereocenters. The number of halogens is 3. The lowest BCUT2D eigenvalue weighted by Gasteiger charge is -2.39. The Kier molecular flexibility index (Phi) is 5.38. The molecule has 26 heavy (non-hydrogen) atoms. The number of alkyl halides is 3. The fourth-order valence-corrected chi connectivity index (χ4v) is 3.64. The van der Waals surface area contributed by atoms with Gasteiger partial charge in [0.25, 0.3) is 0 Å². The molecule has 4 nitrogen and oxygen atoms in total. The number of ether oxygens (including phenoxy) is 1. The Hall–Kier alpha value is -2.25. The van der Waals surface area contributed by atoms with E-state index in [0.29, 0.717) is 12.0 Å². The van der Waals surface area contributed by atoms with Gasteiger partial charge in [0.15, 0.2) is 0 Å². The zero-order chi connectivity index (χ0) is 18.7. The van der Waals surface area contributed by atoms with Crippen LogP contribution in [0.4, 0.5) is 13.2 Å². The lowest BCUT2D eigenvalue weighted by atomic mass is 9.81. The first-order chi connectivity index (χ1) is 12.3. The van der Waals surface area contributed by atoms with Crippen LogP contribution in [-0.2, 0) is 6.42 Å². The predicted octanol–water partition coefficient (Wildman–Crippen LogP) is 4.16. The minimum atomic E-state index is -4.76. The Labute approximate surface area is 150 Å². The molecular formula is C19H21F3N2O2. The first-order valence-corrected chi connectivity index (χ1v) is 8.47. The highest BCUT2D eigenvalue weighted by atomic mass is 19.4. The monoisotopic (exact) mass is 366 g/mol. The van der Waals surface area contributed by atoms with E-state index in [1.54, 1.807) is 5.01 Å². The number of hydrogen-bond acceptors (Lipinski definition) is 4. The van der Waals surface area contributed by atoms with E-state index in [1.807, 2.05) is 30.3 Å². The summed E-state index contributed by atoms with van der Waals surface area (Å²) in [5, 5.41) is 11.9. The van der Waals surface area contributed by atoms with Crippen molar-refractivity contribution in [2.24, 2.45) is 11.8 Å². The van der Waals surface area contributed by atoms with Gasteiger partial charge >= 0.3 is 6.36 Å². The molecule has 1 aliphatic rings. The highest BCUT2D eigenvalue weighted by Crippen LogP contribution is 2.38. The van der Waals surface area contributed by atoms with Crippen LogP contribution in [0.2, 0.25) is 0 Å². The highest BCUT2D eigenvalue weighted by molar-refractivity contribution is 5.40. The molecule has 0 radical (unpaired) electrons. The van der Waals surface area contributed by atoms with Crippen LogP contribution in [0, 0.1) is 5.92 Å². The maximum absolute atomic E-state index is 12.5. The maximum atomic E-state index is 12.5. The first-order valence-electron chi connectivity index (χ1n) is 8.47. The molecule has 1 saturated heterocycles. The minimum absolute atomic E-state index is 0.0412. The quantitative estimate of drug-likeness (QED) is 0.798. The number of phenolic OH excluding ortho intramolecular Hbond substituents is 1. The van der Waals surface area contributed by atoms with Gasteiger partial charge in [-0.2, -0.15) is 0 Å². The van der Waals surface area contributed by atoms with Crippen LogP contribution >= 0.6 is 0 Å². The lowest BCUT2D eigenvalue weighted by molar-refractivity contribution is -0.274. The molecule has 1 aliphatic heterocycles. The summed E-state index contributed by atoms with van der Waals surface area (Å²) in [7, 11) is 0. The standard InChI is InChI=1S/C19H21F3N2O2/c20-19(21,22)26-16-8-9-17(25)15(12-16)11-14-7-4-10-24(23)18(14)13-5-2-1-3-6-13/h1-3,5-6,8-9,12,14,18,25H,4,7,10-11,23H2/t14-,18+/m0/s1. The number of nitrogens with two attached hydrogens (primary N) is 1. The summed E-state index contributed by atoms with van der Waals surface area (Å²) < 4.78 is 41.3. The van der Waals surface area contributed by atoms with Gasteiger partial charge in [0.1, 0.15) is 11.5 Å². The highest BCUT2D eigenvalue weighted by Gasteiger charge is 2.33. The molecule has 1 fully saturated rings. The molecule has 0 bridgehead atoms. The van der Waals surface area contributed by atoms with E-state index < -0.39 is 6.36 Å². The van der Waals surface area contributed by atoms with E-state index in [4.69, 9.17) is 5.84 Å². The van der Waals surface area contributed by atoms with Crippen molar-refractivity contribution in [2.75, 3.05) is 6.54 Å². The molecule has 3 N–H and O–H groups in total. The van der Waals surface area contributed by atoms with E-state index in [2.05, 4.69) is 4.74 Å². The van der Waals surface area contributed by atoms with Gasteiger partial charge in [-0.1, -0.05) is 30.3 Å². The SMILES string of the molecule is NN1CCC[C@@H](Cc2cc(OC(F)(F)F)ccc2O)[C@H]1c1ccccc1. The van der Waals surface area contributed by atoms with E-state index in [0.717, 1.165) is 31.0 Å². The van der Waals surface area contributed by atoms with Crippen molar-refractivity contribution in [2.45, 2.75) is 31.7 Å². The average molecular weight is 366 g/mol. The molecule has 2 atom stereocenters. The summed E-state index contributed by atoms with van der Waals surface area (Å²) in [5.41, 5.74) is 1.48. The molecular weight excluding hydrogens is 345 g/mol. The Bertz CT molecular complexity index is 737. The number of piperidine rings is 1. The summed E-state index contributed by atoms with van der Waals surface area (Å²) in [6, 6.07) is 13.3. The van der Waals surface area contributed by atoms with Crippen molar-refractivity contribution in [1.82, 2.24) is 5.01 Å². The second-order valence-electron chi connectivity index (χ2n) is 6.54.